The number of rotatable bonds is 7. The first-order chi connectivity index (χ1) is 10.7. The lowest BCUT2D eigenvalue weighted by molar-refractivity contribution is 0.245. The van der Waals surface area contributed by atoms with E-state index in [0.717, 1.165) is 43.5 Å². The minimum atomic E-state index is 0.356. The largest absolute Gasteiger partial charge is 0.497 e. The molecule has 1 heterocycles. The van der Waals surface area contributed by atoms with E-state index in [1.807, 2.05) is 12.1 Å². The number of nitrogens with zero attached hydrogens (tertiary/aromatic N) is 1. The van der Waals surface area contributed by atoms with Crippen LogP contribution in [0.2, 0.25) is 0 Å². The molecule has 4 nitrogen and oxygen atoms in total. The molecular weight excluding hydrogens is 294 g/mol. The summed E-state index contributed by atoms with van der Waals surface area (Å²) in [5.41, 5.74) is 1.31. The van der Waals surface area contributed by atoms with E-state index >= 15 is 0 Å². The number of likely N-dealkylation sites (tertiary alicyclic amines) is 1. The molecule has 1 aliphatic heterocycles. The standard InChI is InChI=1S/C17H27N3OS/c1-3-10-18-17(22)19-13-16(20-11-4-5-12-20)14-6-8-15(21-2)9-7-14/h6-9,16H,3-5,10-13H2,1-2H3,(H2,18,19,22). The van der Waals surface area contributed by atoms with E-state index in [1.165, 1.54) is 18.4 Å². The Morgan fingerprint density at radius 3 is 2.50 bits per heavy atom. The predicted molar refractivity (Wildman–Crippen MR) is 95.4 cm³/mol. The van der Waals surface area contributed by atoms with Crippen LogP contribution >= 0.6 is 12.2 Å². The smallest absolute Gasteiger partial charge is 0.166 e. The molecule has 5 heteroatoms. The van der Waals surface area contributed by atoms with Crippen molar-refractivity contribution >= 4 is 17.3 Å². The zero-order valence-corrected chi connectivity index (χ0v) is 14.4. The van der Waals surface area contributed by atoms with Gasteiger partial charge in [-0.2, -0.15) is 0 Å². The molecule has 1 unspecified atom stereocenters. The molecule has 1 aromatic carbocycles. The van der Waals surface area contributed by atoms with E-state index in [1.54, 1.807) is 7.11 Å². The SMILES string of the molecule is CCCNC(=S)NCC(c1ccc(OC)cc1)N1CCCC1. The topological polar surface area (TPSA) is 36.5 Å². The van der Waals surface area contributed by atoms with Crippen LogP contribution in [0.15, 0.2) is 24.3 Å². The highest BCUT2D eigenvalue weighted by molar-refractivity contribution is 7.80. The van der Waals surface area contributed by atoms with Gasteiger partial charge in [-0.25, -0.2) is 0 Å². The van der Waals surface area contributed by atoms with Crippen LogP contribution in [-0.2, 0) is 0 Å². The van der Waals surface area contributed by atoms with Gasteiger partial charge in [0, 0.05) is 13.1 Å². The van der Waals surface area contributed by atoms with E-state index in [-0.39, 0.29) is 0 Å². The number of hydrogen-bond donors (Lipinski definition) is 2. The third-order valence-corrected chi connectivity index (χ3v) is 4.36. The summed E-state index contributed by atoms with van der Waals surface area (Å²) >= 11 is 5.34. The highest BCUT2D eigenvalue weighted by Gasteiger charge is 2.23. The molecule has 0 radical (unpaired) electrons. The summed E-state index contributed by atoms with van der Waals surface area (Å²) < 4.78 is 5.26. The summed E-state index contributed by atoms with van der Waals surface area (Å²) in [4.78, 5) is 2.54. The van der Waals surface area contributed by atoms with E-state index in [0.29, 0.717) is 6.04 Å². The molecule has 0 amide bonds. The van der Waals surface area contributed by atoms with Crippen LogP contribution in [0.3, 0.4) is 0 Å². The molecule has 1 saturated heterocycles. The second-order valence-electron chi connectivity index (χ2n) is 5.67. The van der Waals surface area contributed by atoms with Crippen molar-refractivity contribution in [1.82, 2.24) is 15.5 Å². The maximum Gasteiger partial charge on any atom is 0.166 e. The maximum atomic E-state index is 5.34. The van der Waals surface area contributed by atoms with Crippen LogP contribution < -0.4 is 15.4 Å². The first kappa shape index (κ1) is 17.0. The van der Waals surface area contributed by atoms with Crippen LogP contribution in [0, 0.1) is 0 Å². The number of thiocarbonyl (C=S) groups is 1. The third kappa shape index (κ3) is 4.85. The Bertz CT molecular complexity index is 457. The van der Waals surface area contributed by atoms with Crippen molar-refractivity contribution in [3.8, 4) is 5.75 Å². The van der Waals surface area contributed by atoms with Crippen molar-refractivity contribution in [2.75, 3.05) is 33.3 Å². The predicted octanol–water partition coefficient (Wildman–Crippen LogP) is 2.71. The van der Waals surface area contributed by atoms with Crippen LogP contribution in [0.1, 0.15) is 37.8 Å². The first-order valence-electron chi connectivity index (χ1n) is 8.14. The Labute approximate surface area is 139 Å². The van der Waals surface area contributed by atoms with Gasteiger partial charge < -0.3 is 15.4 Å². The second kappa shape index (κ2) is 8.96. The molecule has 2 N–H and O–H groups in total. The summed E-state index contributed by atoms with van der Waals surface area (Å²) in [7, 11) is 1.70. The second-order valence-corrected chi connectivity index (χ2v) is 6.08. The monoisotopic (exact) mass is 321 g/mol. The van der Waals surface area contributed by atoms with E-state index in [2.05, 4.69) is 34.6 Å². The lowest BCUT2D eigenvalue weighted by Crippen LogP contribution is -2.41. The molecule has 1 aliphatic rings. The summed E-state index contributed by atoms with van der Waals surface area (Å²) in [6.45, 7) is 6.21. The van der Waals surface area contributed by atoms with Crippen LogP contribution in [-0.4, -0.2) is 43.3 Å². The Hall–Kier alpha value is -1.33. The summed E-state index contributed by atoms with van der Waals surface area (Å²) in [5, 5.41) is 7.35. The summed E-state index contributed by atoms with van der Waals surface area (Å²) in [5.74, 6) is 0.900. The van der Waals surface area contributed by atoms with Gasteiger partial charge in [0.2, 0.25) is 0 Å². The molecule has 1 atom stereocenters. The van der Waals surface area contributed by atoms with Gasteiger partial charge in [0.25, 0.3) is 0 Å². The quantitative estimate of drug-likeness (QED) is 0.755. The highest BCUT2D eigenvalue weighted by Crippen LogP contribution is 2.26. The van der Waals surface area contributed by atoms with Crippen molar-refractivity contribution in [2.24, 2.45) is 0 Å². The highest BCUT2D eigenvalue weighted by atomic mass is 32.1. The fourth-order valence-electron chi connectivity index (χ4n) is 2.83. The fraction of sp³-hybridized carbons (Fsp3) is 0.588. The third-order valence-electron chi connectivity index (χ3n) is 4.07. The van der Waals surface area contributed by atoms with E-state index in [9.17, 15) is 0 Å². The van der Waals surface area contributed by atoms with Crippen molar-refractivity contribution in [3.63, 3.8) is 0 Å². The van der Waals surface area contributed by atoms with Crippen molar-refractivity contribution < 1.29 is 4.74 Å². The zero-order chi connectivity index (χ0) is 15.8. The number of benzene rings is 1. The van der Waals surface area contributed by atoms with Gasteiger partial charge in [0.15, 0.2) is 5.11 Å². The van der Waals surface area contributed by atoms with Crippen molar-refractivity contribution in [1.29, 1.82) is 0 Å². The normalized spacial score (nSPS) is 16.3. The van der Waals surface area contributed by atoms with Crippen LogP contribution in [0.4, 0.5) is 0 Å². The first-order valence-corrected chi connectivity index (χ1v) is 8.55. The molecule has 0 bridgehead atoms. The van der Waals surface area contributed by atoms with Crippen molar-refractivity contribution in [3.05, 3.63) is 29.8 Å². The molecule has 22 heavy (non-hydrogen) atoms. The van der Waals surface area contributed by atoms with Crippen LogP contribution in [0.25, 0.3) is 0 Å². The van der Waals surface area contributed by atoms with Crippen LogP contribution in [0.5, 0.6) is 5.75 Å². The average Bonchev–Trinajstić information content (AvgIpc) is 3.08. The molecule has 2 rings (SSSR count). The van der Waals surface area contributed by atoms with Gasteiger partial charge in [0.05, 0.1) is 13.2 Å². The van der Waals surface area contributed by atoms with Gasteiger partial charge in [-0.05, 0) is 62.3 Å². The number of ether oxygens (including phenoxy) is 1. The minimum Gasteiger partial charge on any atom is -0.497 e. The maximum absolute atomic E-state index is 5.34. The zero-order valence-electron chi connectivity index (χ0n) is 13.6. The average molecular weight is 321 g/mol. The van der Waals surface area contributed by atoms with Gasteiger partial charge in [-0.3, -0.25) is 4.90 Å². The lowest BCUT2D eigenvalue weighted by atomic mass is 10.1. The van der Waals surface area contributed by atoms with Crippen molar-refractivity contribution in [2.45, 2.75) is 32.2 Å². The molecule has 0 aromatic heterocycles. The van der Waals surface area contributed by atoms with Gasteiger partial charge >= 0.3 is 0 Å². The Kier molecular flexibility index (Phi) is 6.93. The summed E-state index contributed by atoms with van der Waals surface area (Å²) in [6.07, 6.45) is 3.65. The Balaban J connectivity index is 2.00. The molecule has 0 saturated carbocycles. The Morgan fingerprint density at radius 2 is 1.91 bits per heavy atom. The number of hydrogen-bond acceptors (Lipinski definition) is 3. The molecular formula is C17H27N3OS. The van der Waals surface area contributed by atoms with E-state index < -0.39 is 0 Å². The Morgan fingerprint density at radius 1 is 1.23 bits per heavy atom. The number of methoxy groups -OCH3 is 1. The van der Waals surface area contributed by atoms with Gasteiger partial charge in [-0.1, -0.05) is 19.1 Å². The minimum absolute atomic E-state index is 0.356. The molecule has 1 aromatic rings. The lowest BCUT2D eigenvalue weighted by Gasteiger charge is -2.29. The molecule has 1 fully saturated rings. The fourth-order valence-corrected chi connectivity index (χ4v) is 3.01. The van der Waals surface area contributed by atoms with E-state index in [4.69, 9.17) is 17.0 Å². The summed E-state index contributed by atoms with van der Waals surface area (Å²) in [6, 6.07) is 8.74. The van der Waals surface area contributed by atoms with Gasteiger partial charge in [0.1, 0.15) is 5.75 Å². The molecule has 0 aliphatic carbocycles. The molecule has 0 spiro atoms. The molecule has 122 valence electrons. The van der Waals surface area contributed by atoms with Gasteiger partial charge in [-0.15, -0.1) is 0 Å². The number of nitrogens with one attached hydrogen (secondary N) is 2.